The van der Waals surface area contributed by atoms with E-state index in [4.69, 9.17) is 5.11 Å². The Morgan fingerprint density at radius 1 is 1.38 bits per heavy atom. The lowest BCUT2D eigenvalue weighted by molar-refractivity contribution is -0.137. The molecule has 3 nitrogen and oxygen atoms in total. The Morgan fingerprint density at radius 2 is 2.06 bits per heavy atom. The van der Waals surface area contributed by atoms with Gasteiger partial charge in [0.15, 0.2) is 0 Å². The van der Waals surface area contributed by atoms with E-state index >= 15 is 0 Å². The molecule has 86 valence electrons. The van der Waals surface area contributed by atoms with E-state index in [1.54, 1.807) is 0 Å². The molecule has 0 aliphatic heterocycles. The first kappa shape index (κ1) is 11.1. The molecule has 1 aromatic rings. The second kappa shape index (κ2) is 5.12. The molecule has 3 heteroatoms. The van der Waals surface area contributed by atoms with Crippen LogP contribution in [0, 0.1) is 5.92 Å². The lowest BCUT2D eigenvalue weighted by atomic mass is 10.1. The normalized spacial score (nSPS) is 17.0. The first-order chi connectivity index (χ1) is 7.75. The van der Waals surface area contributed by atoms with Gasteiger partial charge in [0.25, 0.3) is 0 Å². The third kappa shape index (κ3) is 3.35. The summed E-state index contributed by atoms with van der Waals surface area (Å²) in [4.78, 5) is 10.7. The number of rotatable bonds is 6. The summed E-state index contributed by atoms with van der Waals surface area (Å²) in [5.74, 6) is -0.141. The van der Waals surface area contributed by atoms with Crippen molar-refractivity contribution in [1.82, 2.24) is 5.32 Å². The molecule has 0 spiro atoms. The van der Waals surface area contributed by atoms with E-state index in [2.05, 4.69) is 17.4 Å². The highest BCUT2D eigenvalue weighted by Crippen LogP contribution is 2.34. The fourth-order valence-electron chi connectivity index (χ4n) is 1.94. The molecular weight excluding hydrogens is 202 g/mol. The number of carbonyl (C=O) groups is 1. The van der Waals surface area contributed by atoms with Gasteiger partial charge in [-0.2, -0.15) is 0 Å². The number of hydrogen-bond acceptors (Lipinski definition) is 2. The van der Waals surface area contributed by atoms with Gasteiger partial charge in [0.1, 0.15) is 0 Å². The van der Waals surface area contributed by atoms with Gasteiger partial charge in [-0.3, -0.25) is 4.79 Å². The molecule has 16 heavy (non-hydrogen) atoms. The lowest BCUT2D eigenvalue weighted by Crippen LogP contribution is -2.32. The quantitative estimate of drug-likeness (QED) is 0.769. The maximum atomic E-state index is 10.7. The summed E-state index contributed by atoms with van der Waals surface area (Å²) in [7, 11) is 0. The minimum Gasteiger partial charge on any atom is -0.481 e. The SMILES string of the molecule is O=C(O)CC(NCc1ccccc1)C1CC1. The van der Waals surface area contributed by atoms with Crippen LogP contribution in [0.4, 0.5) is 0 Å². The molecule has 1 aromatic carbocycles. The smallest absolute Gasteiger partial charge is 0.304 e. The summed E-state index contributed by atoms with van der Waals surface area (Å²) in [6.45, 7) is 0.759. The summed E-state index contributed by atoms with van der Waals surface area (Å²) in [6, 6.07) is 10.2. The Bertz CT molecular complexity index is 346. The van der Waals surface area contributed by atoms with Gasteiger partial charge in [-0.25, -0.2) is 0 Å². The van der Waals surface area contributed by atoms with Crippen LogP contribution in [0.25, 0.3) is 0 Å². The van der Waals surface area contributed by atoms with E-state index < -0.39 is 5.97 Å². The Hall–Kier alpha value is -1.35. The van der Waals surface area contributed by atoms with Crippen LogP contribution >= 0.6 is 0 Å². The van der Waals surface area contributed by atoms with Gasteiger partial charge in [-0.1, -0.05) is 30.3 Å². The molecule has 1 aliphatic carbocycles. The molecule has 0 saturated heterocycles. The average molecular weight is 219 g/mol. The average Bonchev–Trinajstić information content (AvgIpc) is 3.09. The molecule has 0 heterocycles. The highest BCUT2D eigenvalue weighted by atomic mass is 16.4. The van der Waals surface area contributed by atoms with E-state index in [0.29, 0.717) is 5.92 Å². The van der Waals surface area contributed by atoms with Gasteiger partial charge >= 0.3 is 5.97 Å². The first-order valence-corrected chi connectivity index (χ1v) is 5.75. The predicted molar refractivity (Wildman–Crippen MR) is 62.0 cm³/mol. The Morgan fingerprint density at radius 3 is 2.62 bits per heavy atom. The van der Waals surface area contributed by atoms with Gasteiger partial charge in [0, 0.05) is 12.6 Å². The largest absolute Gasteiger partial charge is 0.481 e. The van der Waals surface area contributed by atoms with Crippen molar-refractivity contribution in [1.29, 1.82) is 0 Å². The maximum absolute atomic E-state index is 10.7. The standard InChI is InChI=1S/C13H17NO2/c15-13(16)8-12(11-6-7-11)14-9-10-4-2-1-3-5-10/h1-5,11-12,14H,6-9H2,(H,15,16). The number of nitrogens with one attached hydrogen (secondary N) is 1. The van der Waals surface area contributed by atoms with Gasteiger partial charge < -0.3 is 10.4 Å². The van der Waals surface area contributed by atoms with Crippen molar-refractivity contribution in [3.8, 4) is 0 Å². The molecule has 2 N–H and O–H groups in total. The van der Waals surface area contributed by atoms with Gasteiger partial charge in [-0.05, 0) is 24.3 Å². The fraction of sp³-hybridized carbons (Fsp3) is 0.462. The highest BCUT2D eigenvalue weighted by molar-refractivity contribution is 5.67. The molecule has 1 saturated carbocycles. The zero-order chi connectivity index (χ0) is 11.4. The Labute approximate surface area is 95.5 Å². The third-order valence-electron chi connectivity index (χ3n) is 3.00. The molecular formula is C13H17NO2. The van der Waals surface area contributed by atoms with Gasteiger partial charge in [0.2, 0.25) is 0 Å². The van der Waals surface area contributed by atoms with E-state index in [1.165, 1.54) is 18.4 Å². The first-order valence-electron chi connectivity index (χ1n) is 5.75. The van der Waals surface area contributed by atoms with Crippen LogP contribution < -0.4 is 5.32 Å². The van der Waals surface area contributed by atoms with Crippen LogP contribution in [0.3, 0.4) is 0 Å². The number of carboxylic acids is 1. The summed E-state index contributed by atoms with van der Waals surface area (Å²) in [5, 5.41) is 12.2. The van der Waals surface area contributed by atoms with Crippen molar-refractivity contribution in [3.05, 3.63) is 35.9 Å². The minimum absolute atomic E-state index is 0.137. The topological polar surface area (TPSA) is 49.3 Å². The van der Waals surface area contributed by atoms with Crippen molar-refractivity contribution >= 4 is 5.97 Å². The zero-order valence-corrected chi connectivity index (χ0v) is 9.23. The van der Waals surface area contributed by atoms with Crippen LogP contribution in [0.2, 0.25) is 0 Å². The second-order valence-corrected chi connectivity index (χ2v) is 4.41. The molecule has 1 unspecified atom stereocenters. The molecule has 0 radical (unpaired) electrons. The van der Waals surface area contributed by atoms with Crippen molar-refractivity contribution in [2.75, 3.05) is 0 Å². The molecule has 1 fully saturated rings. The fourth-order valence-corrected chi connectivity index (χ4v) is 1.94. The molecule has 2 rings (SSSR count). The molecule has 0 bridgehead atoms. The van der Waals surface area contributed by atoms with Crippen LogP contribution in [0.1, 0.15) is 24.8 Å². The third-order valence-corrected chi connectivity index (χ3v) is 3.00. The molecule has 1 aliphatic rings. The monoisotopic (exact) mass is 219 g/mol. The summed E-state index contributed by atoms with van der Waals surface area (Å²) in [6.07, 6.45) is 2.57. The minimum atomic E-state index is -0.711. The van der Waals surface area contributed by atoms with Crippen molar-refractivity contribution in [3.63, 3.8) is 0 Å². The number of hydrogen-bond donors (Lipinski definition) is 2. The Kier molecular flexibility index (Phi) is 3.57. The van der Waals surface area contributed by atoms with E-state index in [9.17, 15) is 4.79 Å². The van der Waals surface area contributed by atoms with Crippen molar-refractivity contribution in [2.24, 2.45) is 5.92 Å². The summed E-state index contributed by atoms with van der Waals surface area (Å²) in [5.41, 5.74) is 1.21. The van der Waals surface area contributed by atoms with Crippen LogP contribution in [0.15, 0.2) is 30.3 Å². The number of aliphatic carboxylic acids is 1. The summed E-state index contributed by atoms with van der Waals surface area (Å²) < 4.78 is 0. The second-order valence-electron chi connectivity index (χ2n) is 4.41. The van der Waals surface area contributed by atoms with Gasteiger partial charge in [0.05, 0.1) is 6.42 Å². The summed E-state index contributed by atoms with van der Waals surface area (Å²) >= 11 is 0. The lowest BCUT2D eigenvalue weighted by Gasteiger charge is -2.16. The number of carboxylic acid groups (broad SMARTS) is 1. The van der Waals surface area contributed by atoms with E-state index in [0.717, 1.165) is 6.54 Å². The zero-order valence-electron chi connectivity index (χ0n) is 9.23. The molecule has 0 aromatic heterocycles. The predicted octanol–water partition coefficient (Wildman–Crippen LogP) is 2.03. The highest BCUT2D eigenvalue weighted by Gasteiger charge is 2.32. The molecule has 1 atom stereocenters. The van der Waals surface area contributed by atoms with Crippen molar-refractivity contribution < 1.29 is 9.90 Å². The molecule has 0 amide bonds. The van der Waals surface area contributed by atoms with E-state index in [1.807, 2.05) is 18.2 Å². The van der Waals surface area contributed by atoms with Crippen LogP contribution in [-0.4, -0.2) is 17.1 Å². The van der Waals surface area contributed by atoms with Crippen LogP contribution in [0.5, 0.6) is 0 Å². The van der Waals surface area contributed by atoms with Crippen molar-refractivity contribution in [2.45, 2.75) is 31.8 Å². The van der Waals surface area contributed by atoms with E-state index in [-0.39, 0.29) is 12.5 Å². The Balaban J connectivity index is 1.84. The number of benzene rings is 1. The maximum Gasteiger partial charge on any atom is 0.304 e. The van der Waals surface area contributed by atoms with Crippen LogP contribution in [-0.2, 0) is 11.3 Å². The van der Waals surface area contributed by atoms with Gasteiger partial charge in [-0.15, -0.1) is 0 Å².